The number of hydrogen-bond acceptors (Lipinski definition) is 6. The highest BCUT2D eigenvalue weighted by Crippen LogP contribution is 2.11. The number of anilines is 2. The van der Waals surface area contributed by atoms with E-state index in [-0.39, 0.29) is 12.5 Å². The Hall–Kier alpha value is -3.81. The standard InChI is InChI=1S/C18H15N7O/c26-17(21-11-16-22-12-5-1-2-6-13(12)23-16)14-7-3-8-15(24-14)25-18-19-9-4-10-20-18/h1-10H,11H2,(H,21,26)(H,22,23)(H,19,20,24,25). The number of para-hydroxylation sites is 2. The van der Waals surface area contributed by atoms with Gasteiger partial charge in [0, 0.05) is 12.4 Å². The van der Waals surface area contributed by atoms with Gasteiger partial charge in [-0.25, -0.2) is 19.9 Å². The fourth-order valence-electron chi connectivity index (χ4n) is 2.45. The molecule has 0 saturated carbocycles. The van der Waals surface area contributed by atoms with Crippen LogP contribution in [-0.4, -0.2) is 30.8 Å². The van der Waals surface area contributed by atoms with E-state index in [2.05, 4.69) is 35.6 Å². The number of rotatable bonds is 5. The molecule has 0 aliphatic heterocycles. The second-order valence-electron chi connectivity index (χ2n) is 5.49. The summed E-state index contributed by atoms with van der Waals surface area (Å²) in [4.78, 5) is 32.4. The second kappa shape index (κ2) is 6.98. The molecule has 3 heterocycles. The van der Waals surface area contributed by atoms with E-state index in [1.165, 1.54) is 0 Å². The molecule has 3 N–H and O–H groups in total. The average molecular weight is 345 g/mol. The third-order valence-corrected chi connectivity index (χ3v) is 3.64. The molecular weight excluding hydrogens is 330 g/mol. The number of aromatic nitrogens is 5. The summed E-state index contributed by atoms with van der Waals surface area (Å²) < 4.78 is 0. The van der Waals surface area contributed by atoms with E-state index in [0.29, 0.717) is 23.3 Å². The van der Waals surface area contributed by atoms with Crippen molar-refractivity contribution in [2.75, 3.05) is 5.32 Å². The maximum Gasteiger partial charge on any atom is 0.270 e. The lowest BCUT2D eigenvalue weighted by Gasteiger charge is -2.06. The second-order valence-corrected chi connectivity index (χ2v) is 5.49. The smallest absolute Gasteiger partial charge is 0.270 e. The molecule has 0 unspecified atom stereocenters. The number of nitrogens with zero attached hydrogens (tertiary/aromatic N) is 4. The molecule has 128 valence electrons. The number of nitrogens with one attached hydrogen (secondary N) is 3. The number of carbonyl (C=O) groups is 1. The molecular formula is C18H15N7O. The molecule has 26 heavy (non-hydrogen) atoms. The maximum atomic E-state index is 12.4. The van der Waals surface area contributed by atoms with Crippen LogP contribution in [0.3, 0.4) is 0 Å². The van der Waals surface area contributed by atoms with Gasteiger partial charge >= 0.3 is 0 Å². The molecule has 8 nitrogen and oxygen atoms in total. The Kier molecular flexibility index (Phi) is 4.21. The Labute approximate surface area is 148 Å². The van der Waals surface area contributed by atoms with Gasteiger partial charge in [0.25, 0.3) is 5.91 Å². The number of imidazole rings is 1. The van der Waals surface area contributed by atoms with Crippen molar-refractivity contribution in [3.05, 3.63) is 72.4 Å². The number of aromatic amines is 1. The normalized spacial score (nSPS) is 10.6. The minimum atomic E-state index is -0.289. The van der Waals surface area contributed by atoms with Crippen LogP contribution in [0, 0.1) is 0 Å². The number of benzene rings is 1. The Morgan fingerprint density at radius 2 is 1.81 bits per heavy atom. The Morgan fingerprint density at radius 3 is 2.65 bits per heavy atom. The summed E-state index contributed by atoms with van der Waals surface area (Å²) in [5, 5.41) is 5.77. The summed E-state index contributed by atoms with van der Waals surface area (Å²) in [7, 11) is 0. The highest BCUT2D eigenvalue weighted by molar-refractivity contribution is 5.92. The van der Waals surface area contributed by atoms with Crippen LogP contribution in [0.2, 0.25) is 0 Å². The van der Waals surface area contributed by atoms with Gasteiger partial charge in [-0.2, -0.15) is 0 Å². The van der Waals surface area contributed by atoms with Gasteiger partial charge in [0.2, 0.25) is 5.95 Å². The number of amides is 1. The van der Waals surface area contributed by atoms with Gasteiger partial charge < -0.3 is 15.6 Å². The SMILES string of the molecule is O=C(NCc1nc2ccccc2[nH]1)c1cccc(Nc2ncccn2)n1. The first-order chi connectivity index (χ1) is 12.8. The number of carbonyl (C=O) groups excluding carboxylic acids is 1. The largest absolute Gasteiger partial charge is 0.343 e. The summed E-state index contributed by atoms with van der Waals surface area (Å²) in [6.07, 6.45) is 3.25. The van der Waals surface area contributed by atoms with Crippen LogP contribution in [0.1, 0.15) is 16.3 Å². The minimum Gasteiger partial charge on any atom is -0.343 e. The van der Waals surface area contributed by atoms with E-state index in [1.807, 2.05) is 24.3 Å². The van der Waals surface area contributed by atoms with Crippen LogP contribution in [0.15, 0.2) is 60.9 Å². The van der Waals surface area contributed by atoms with Crippen molar-refractivity contribution in [2.24, 2.45) is 0 Å². The highest BCUT2D eigenvalue weighted by atomic mass is 16.1. The molecule has 0 spiro atoms. The first-order valence-electron chi connectivity index (χ1n) is 8.01. The third kappa shape index (κ3) is 3.48. The summed E-state index contributed by atoms with van der Waals surface area (Å²) in [5.74, 6) is 1.31. The van der Waals surface area contributed by atoms with Crippen LogP contribution < -0.4 is 10.6 Å². The molecule has 0 radical (unpaired) electrons. The van der Waals surface area contributed by atoms with E-state index in [1.54, 1.807) is 36.7 Å². The lowest BCUT2D eigenvalue weighted by atomic mass is 10.3. The van der Waals surface area contributed by atoms with Crippen LogP contribution in [-0.2, 0) is 6.54 Å². The van der Waals surface area contributed by atoms with Crippen molar-refractivity contribution >= 4 is 28.7 Å². The molecule has 1 amide bonds. The number of pyridine rings is 1. The lowest BCUT2D eigenvalue weighted by Crippen LogP contribution is -2.24. The van der Waals surface area contributed by atoms with E-state index >= 15 is 0 Å². The molecule has 0 bridgehead atoms. The first kappa shape index (κ1) is 15.7. The zero-order valence-electron chi connectivity index (χ0n) is 13.7. The van der Waals surface area contributed by atoms with Crippen molar-refractivity contribution in [3.63, 3.8) is 0 Å². The van der Waals surface area contributed by atoms with Crippen LogP contribution >= 0.6 is 0 Å². The van der Waals surface area contributed by atoms with Crippen LogP contribution in [0.4, 0.5) is 11.8 Å². The molecule has 0 fully saturated rings. The van der Waals surface area contributed by atoms with Gasteiger partial charge in [0.1, 0.15) is 17.3 Å². The lowest BCUT2D eigenvalue weighted by molar-refractivity contribution is 0.0945. The summed E-state index contributed by atoms with van der Waals surface area (Å²) in [6.45, 7) is 0.286. The zero-order valence-corrected chi connectivity index (χ0v) is 13.7. The number of hydrogen-bond donors (Lipinski definition) is 3. The summed E-state index contributed by atoms with van der Waals surface area (Å²) in [5.41, 5.74) is 2.09. The van der Waals surface area contributed by atoms with Crippen molar-refractivity contribution in [1.29, 1.82) is 0 Å². The van der Waals surface area contributed by atoms with Crippen LogP contribution in [0.25, 0.3) is 11.0 Å². The van der Waals surface area contributed by atoms with Crippen LogP contribution in [0.5, 0.6) is 0 Å². The molecule has 0 saturated heterocycles. The maximum absolute atomic E-state index is 12.4. The quantitative estimate of drug-likeness (QED) is 0.513. The van der Waals surface area contributed by atoms with Crippen molar-refractivity contribution in [2.45, 2.75) is 6.54 Å². The third-order valence-electron chi connectivity index (χ3n) is 3.64. The van der Waals surface area contributed by atoms with Gasteiger partial charge in [0.05, 0.1) is 17.6 Å². The fourth-order valence-corrected chi connectivity index (χ4v) is 2.45. The highest BCUT2D eigenvalue weighted by Gasteiger charge is 2.10. The van der Waals surface area contributed by atoms with Crippen molar-refractivity contribution in [1.82, 2.24) is 30.2 Å². The predicted octanol–water partition coefficient (Wildman–Crippen LogP) is 2.42. The Balaban J connectivity index is 1.43. The van der Waals surface area contributed by atoms with E-state index < -0.39 is 0 Å². The predicted molar refractivity (Wildman–Crippen MR) is 96.8 cm³/mol. The number of H-pyrrole nitrogens is 1. The number of fused-ring (bicyclic) bond motifs is 1. The summed E-state index contributed by atoms with van der Waals surface area (Å²) >= 11 is 0. The molecule has 0 atom stereocenters. The molecule has 4 aromatic rings. The zero-order chi connectivity index (χ0) is 17.8. The summed E-state index contributed by atoms with van der Waals surface area (Å²) in [6, 6.07) is 14.6. The van der Waals surface area contributed by atoms with Gasteiger partial charge in [-0.05, 0) is 30.3 Å². The Morgan fingerprint density at radius 1 is 0.962 bits per heavy atom. The van der Waals surface area contributed by atoms with E-state index in [0.717, 1.165) is 11.0 Å². The van der Waals surface area contributed by atoms with Crippen molar-refractivity contribution < 1.29 is 4.79 Å². The molecule has 8 heteroatoms. The average Bonchev–Trinajstić information content (AvgIpc) is 3.10. The Bertz CT molecular complexity index is 1010. The van der Waals surface area contributed by atoms with Gasteiger partial charge in [-0.1, -0.05) is 18.2 Å². The molecule has 0 aliphatic carbocycles. The molecule has 3 aromatic heterocycles. The van der Waals surface area contributed by atoms with E-state index in [4.69, 9.17) is 0 Å². The van der Waals surface area contributed by atoms with Crippen molar-refractivity contribution in [3.8, 4) is 0 Å². The minimum absolute atomic E-state index is 0.286. The van der Waals surface area contributed by atoms with Gasteiger partial charge in [0.15, 0.2) is 0 Å². The van der Waals surface area contributed by atoms with Gasteiger partial charge in [-0.15, -0.1) is 0 Å². The molecule has 0 aliphatic rings. The topological polar surface area (TPSA) is 108 Å². The molecule has 4 rings (SSSR count). The fraction of sp³-hybridized carbons (Fsp3) is 0.0556. The molecule has 1 aromatic carbocycles. The monoisotopic (exact) mass is 345 g/mol. The van der Waals surface area contributed by atoms with E-state index in [9.17, 15) is 4.79 Å². The van der Waals surface area contributed by atoms with Gasteiger partial charge in [-0.3, -0.25) is 4.79 Å². The first-order valence-corrected chi connectivity index (χ1v) is 8.01.